The molecule has 37 heavy (non-hydrogen) atoms. The van der Waals surface area contributed by atoms with Crippen LogP contribution in [0.1, 0.15) is 25.7 Å². The first-order valence-electron chi connectivity index (χ1n) is 13.0. The fraction of sp³-hybridized carbons (Fsp3) is 0.724. The van der Waals surface area contributed by atoms with Crippen molar-refractivity contribution in [1.29, 1.82) is 0 Å². The monoisotopic (exact) mass is 524 g/mol. The van der Waals surface area contributed by atoms with Crippen molar-refractivity contribution >= 4 is 0 Å². The minimum absolute atomic E-state index is 0.303. The van der Waals surface area contributed by atoms with Gasteiger partial charge in [0.25, 0.3) is 0 Å². The van der Waals surface area contributed by atoms with Crippen molar-refractivity contribution in [1.82, 2.24) is 0 Å². The van der Waals surface area contributed by atoms with E-state index in [1.165, 1.54) is 0 Å². The second-order valence-corrected chi connectivity index (χ2v) is 8.37. The van der Waals surface area contributed by atoms with Gasteiger partial charge >= 0.3 is 0 Å². The van der Waals surface area contributed by atoms with Crippen molar-refractivity contribution in [2.24, 2.45) is 5.41 Å². The van der Waals surface area contributed by atoms with Crippen molar-refractivity contribution < 1.29 is 37.9 Å². The molecule has 0 amide bonds. The quantitative estimate of drug-likeness (QED) is 0.0805. The van der Waals surface area contributed by atoms with Crippen molar-refractivity contribution in [3.8, 4) is 24.7 Å². The summed E-state index contributed by atoms with van der Waals surface area (Å²) in [6.07, 6.45) is 16.9. The van der Waals surface area contributed by atoms with E-state index < -0.39 is 5.41 Å². The van der Waals surface area contributed by atoms with E-state index in [0.717, 1.165) is 25.7 Å². The van der Waals surface area contributed by atoms with Crippen LogP contribution in [0.15, 0.2) is 25.3 Å². The highest BCUT2D eigenvalue weighted by atomic mass is 16.5. The van der Waals surface area contributed by atoms with Crippen molar-refractivity contribution in [2.45, 2.75) is 25.7 Å². The molecule has 0 heterocycles. The normalized spacial score (nSPS) is 11.2. The molecule has 0 fully saturated rings. The molecule has 0 spiro atoms. The Labute approximate surface area is 224 Å². The minimum atomic E-state index is -0.469. The summed E-state index contributed by atoms with van der Waals surface area (Å²) < 4.78 is 45.6. The Morgan fingerprint density at radius 3 is 1.08 bits per heavy atom. The maximum Gasteiger partial charge on any atom is 0.107 e. The van der Waals surface area contributed by atoms with Crippen LogP contribution < -0.4 is 0 Å². The summed E-state index contributed by atoms with van der Waals surface area (Å²) in [5.74, 6) is 4.92. The molecule has 0 aliphatic rings. The maximum atomic E-state index is 6.03. The van der Waals surface area contributed by atoms with Crippen LogP contribution in [0.2, 0.25) is 0 Å². The van der Waals surface area contributed by atoms with Gasteiger partial charge in [0.15, 0.2) is 0 Å². The highest BCUT2D eigenvalue weighted by Gasteiger charge is 2.32. The summed E-state index contributed by atoms with van der Waals surface area (Å²) in [6.45, 7) is 15.2. The predicted molar refractivity (Wildman–Crippen MR) is 146 cm³/mol. The minimum Gasteiger partial charge on any atom is -0.381 e. The van der Waals surface area contributed by atoms with Crippen LogP contribution in [0.3, 0.4) is 0 Å². The third kappa shape index (κ3) is 24.4. The molecule has 0 aromatic rings. The summed E-state index contributed by atoms with van der Waals surface area (Å²) in [7, 11) is 0. The lowest BCUT2D eigenvalue weighted by molar-refractivity contribution is -0.110. The Bertz CT molecular complexity index is 544. The van der Waals surface area contributed by atoms with Crippen LogP contribution >= 0.6 is 0 Å². The largest absolute Gasteiger partial charge is 0.381 e. The zero-order chi connectivity index (χ0) is 27.1. The standard InChI is InChI=1S/C29H48O8/c1-5-13-30-17-9-21-34-25-29(26-35-22-10-18-31-14-6-2,27-36-23-11-19-32-15-7-3)28-37-24-12-20-33-16-8-4/h1-2,7-8H,3-4,9-28H2. The second-order valence-electron chi connectivity index (χ2n) is 8.37. The smallest absolute Gasteiger partial charge is 0.107 e. The number of hydrogen-bond acceptors (Lipinski definition) is 8. The average molecular weight is 525 g/mol. The molecule has 0 aromatic heterocycles. The van der Waals surface area contributed by atoms with Crippen LogP contribution in [0, 0.1) is 30.1 Å². The Kier molecular flexibility index (Phi) is 27.5. The number of terminal acetylenes is 2. The lowest BCUT2D eigenvalue weighted by Crippen LogP contribution is -2.42. The third-order valence-electron chi connectivity index (χ3n) is 4.78. The lowest BCUT2D eigenvalue weighted by atomic mass is 9.92. The zero-order valence-electron chi connectivity index (χ0n) is 22.6. The summed E-state index contributed by atoms with van der Waals surface area (Å²) in [5.41, 5.74) is -0.469. The van der Waals surface area contributed by atoms with E-state index >= 15 is 0 Å². The van der Waals surface area contributed by atoms with E-state index in [1.54, 1.807) is 12.2 Å². The van der Waals surface area contributed by atoms with Crippen LogP contribution in [-0.2, 0) is 37.9 Å². The van der Waals surface area contributed by atoms with Gasteiger partial charge in [-0.2, -0.15) is 0 Å². The van der Waals surface area contributed by atoms with Gasteiger partial charge in [-0.3, -0.25) is 0 Å². The van der Waals surface area contributed by atoms with E-state index in [9.17, 15) is 0 Å². The molecule has 0 saturated carbocycles. The topological polar surface area (TPSA) is 73.8 Å². The molecular weight excluding hydrogens is 476 g/mol. The molecule has 8 nitrogen and oxygen atoms in total. The summed E-state index contributed by atoms with van der Waals surface area (Å²) in [5, 5.41) is 0. The molecule has 0 bridgehead atoms. The van der Waals surface area contributed by atoms with E-state index in [1.807, 2.05) is 0 Å². The predicted octanol–water partition coefficient (Wildman–Crippen LogP) is 3.30. The van der Waals surface area contributed by atoms with Gasteiger partial charge in [-0.1, -0.05) is 24.0 Å². The second kappa shape index (κ2) is 28.8. The molecule has 0 radical (unpaired) electrons. The number of ether oxygens (including phenoxy) is 8. The Morgan fingerprint density at radius 2 is 0.784 bits per heavy atom. The number of hydrogen-bond donors (Lipinski definition) is 0. The van der Waals surface area contributed by atoms with Gasteiger partial charge in [-0.25, -0.2) is 0 Å². The summed E-state index contributed by atoms with van der Waals surface area (Å²) in [6, 6.07) is 0. The molecule has 0 unspecified atom stereocenters. The molecule has 0 atom stereocenters. The molecule has 0 aromatic carbocycles. The zero-order valence-corrected chi connectivity index (χ0v) is 22.6. The highest BCUT2D eigenvalue weighted by molar-refractivity contribution is 4.83. The number of rotatable bonds is 30. The van der Waals surface area contributed by atoms with Gasteiger partial charge in [0.2, 0.25) is 0 Å². The Morgan fingerprint density at radius 1 is 0.486 bits per heavy atom. The first-order chi connectivity index (χ1) is 18.2. The van der Waals surface area contributed by atoms with Gasteiger partial charge in [-0.05, 0) is 25.7 Å². The van der Waals surface area contributed by atoms with Crippen molar-refractivity contribution in [3.05, 3.63) is 25.3 Å². The fourth-order valence-corrected chi connectivity index (χ4v) is 3.05. The van der Waals surface area contributed by atoms with E-state index in [2.05, 4.69) is 25.0 Å². The molecule has 8 heteroatoms. The molecular formula is C29H48O8. The van der Waals surface area contributed by atoms with Crippen molar-refractivity contribution in [3.63, 3.8) is 0 Å². The molecule has 0 aliphatic heterocycles. The molecule has 0 saturated heterocycles. The van der Waals surface area contributed by atoms with Crippen LogP contribution in [0.4, 0.5) is 0 Å². The average Bonchev–Trinajstić information content (AvgIpc) is 2.91. The van der Waals surface area contributed by atoms with Gasteiger partial charge in [0.1, 0.15) is 13.2 Å². The fourth-order valence-electron chi connectivity index (χ4n) is 3.05. The van der Waals surface area contributed by atoms with Crippen LogP contribution in [-0.4, -0.2) is 106 Å². The lowest BCUT2D eigenvalue weighted by Gasteiger charge is -2.33. The van der Waals surface area contributed by atoms with E-state index in [0.29, 0.717) is 106 Å². The van der Waals surface area contributed by atoms with Gasteiger partial charge < -0.3 is 37.9 Å². The van der Waals surface area contributed by atoms with Gasteiger partial charge in [0, 0.05) is 39.6 Å². The molecule has 212 valence electrons. The summed E-state index contributed by atoms with van der Waals surface area (Å²) >= 11 is 0. The van der Waals surface area contributed by atoms with E-state index in [4.69, 9.17) is 50.7 Å². The molecule has 0 rings (SSSR count). The van der Waals surface area contributed by atoms with Gasteiger partial charge in [0.05, 0.1) is 58.3 Å². The first kappa shape index (κ1) is 35.3. The van der Waals surface area contributed by atoms with Crippen LogP contribution in [0.5, 0.6) is 0 Å². The van der Waals surface area contributed by atoms with Crippen molar-refractivity contribution in [2.75, 3.05) is 106 Å². The molecule has 0 aliphatic carbocycles. The SMILES string of the molecule is C#CCOCCCOCC(COCCCOCC#C)(COCCCOCC=C)COCCCOCC=C. The maximum absolute atomic E-state index is 6.03. The van der Waals surface area contributed by atoms with E-state index in [-0.39, 0.29) is 0 Å². The summed E-state index contributed by atoms with van der Waals surface area (Å²) in [4.78, 5) is 0. The molecule has 0 N–H and O–H groups in total. The first-order valence-corrected chi connectivity index (χ1v) is 13.0. The Balaban J connectivity index is 4.84. The van der Waals surface area contributed by atoms with Gasteiger partial charge in [-0.15, -0.1) is 26.0 Å². The van der Waals surface area contributed by atoms with Crippen LogP contribution in [0.25, 0.3) is 0 Å². The highest BCUT2D eigenvalue weighted by Crippen LogP contribution is 2.21. The third-order valence-corrected chi connectivity index (χ3v) is 4.78. The Hall–Kier alpha value is -1.72.